The molecule has 0 heteroatoms. The van der Waals surface area contributed by atoms with E-state index in [9.17, 15) is 0 Å². The van der Waals surface area contributed by atoms with Gasteiger partial charge in [0.25, 0.3) is 0 Å². The Kier molecular flexibility index (Phi) is 20.6. The van der Waals surface area contributed by atoms with Crippen LogP contribution in [0.4, 0.5) is 0 Å². The summed E-state index contributed by atoms with van der Waals surface area (Å²) in [6.45, 7) is 14.3. The van der Waals surface area contributed by atoms with E-state index in [1.54, 1.807) is 0 Å². The molecule has 0 aliphatic heterocycles. The van der Waals surface area contributed by atoms with Gasteiger partial charge in [-0.2, -0.15) is 0 Å². The van der Waals surface area contributed by atoms with Gasteiger partial charge in [-0.1, -0.05) is 503 Å². The van der Waals surface area contributed by atoms with Gasteiger partial charge in [0.05, 0.1) is 0 Å². The molecule has 0 atom stereocenters. The van der Waals surface area contributed by atoms with Crippen molar-refractivity contribution in [3.8, 4) is 156 Å². The van der Waals surface area contributed by atoms with E-state index < -0.39 is 0 Å². The lowest BCUT2D eigenvalue weighted by Gasteiger charge is -2.24. The Morgan fingerprint density at radius 2 is 0.385 bits per heavy atom. The first-order valence-electron chi connectivity index (χ1n) is 52.3. The van der Waals surface area contributed by atoms with Crippen LogP contribution in [0.5, 0.6) is 0 Å². The zero-order valence-corrected chi connectivity index (χ0v) is 83.7. The largest absolute Gasteiger partial charge is 0.0622 e. The van der Waals surface area contributed by atoms with E-state index in [1.807, 2.05) is 0 Å². The molecule has 0 aromatic heterocycles. The molecule has 0 amide bonds. The van der Waals surface area contributed by atoms with E-state index in [0.717, 1.165) is 6.42 Å². The summed E-state index contributed by atoms with van der Waals surface area (Å²) in [5.74, 6) is 0. The van der Waals surface area contributed by atoms with Gasteiger partial charge in [0.2, 0.25) is 0 Å². The van der Waals surface area contributed by atoms with Gasteiger partial charge in [-0.15, -0.1) is 0 Å². The lowest BCUT2D eigenvalue weighted by Crippen LogP contribution is -2.15. The Hall–Kier alpha value is -17.9. The van der Waals surface area contributed by atoms with Gasteiger partial charge in [-0.05, 0) is 352 Å². The van der Waals surface area contributed by atoms with Gasteiger partial charge in [0.1, 0.15) is 0 Å². The van der Waals surface area contributed by atoms with E-state index in [4.69, 9.17) is 0 Å². The smallest absolute Gasteiger partial charge is 0.0165 e. The van der Waals surface area contributed by atoms with Crippen LogP contribution < -0.4 is 0 Å². The number of benzene rings is 26. The van der Waals surface area contributed by atoms with E-state index >= 15 is 0 Å². The fraction of sp³-hybridized carbons (Fsp3) is 0.0676. The lowest BCUT2D eigenvalue weighted by atomic mass is 9.79. The van der Waals surface area contributed by atoms with Crippen LogP contribution in [0.1, 0.15) is 86.1 Å². The second kappa shape index (κ2) is 34.7. The highest BCUT2D eigenvalue weighted by Crippen LogP contribution is 2.58. The van der Waals surface area contributed by atoms with Crippen LogP contribution in [-0.4, -0.2) is 0 Å². The highest BCUT2D eigenvalue weighted by molar-refractivity contribution is 6.26. The summed E-state index contributed by atoms with van der Waals surface area (Å²) in [6, 6.07) is 190. The van der Waals surface area contributed by atoms with Gasteiger partial charge in [-0.25, -0.2) is 0 Å². The van der Waals surface area contributed by atoms with E-state index in [2.05, 4.69) is 551 Å². The summed E-state index contributed by atoms with van der Waals surface area (Å²) in [5, 5.41) is 23.0. The Morgan fingerprint density at radius 3 is 0.872 bits per heavy atom. The summed E-state index contributed by atoms with van der Waals surface area (Å²) >= 11 is 0. The van der Waals surface area contributed by atoms with Crippen molar-refractivity contribution in [3.63, 3.8) is 0 Å². The molecule has 30 rings (SSSR count). The molecule has 0 N–H and O–H groups in total. The molecule has 0 unspecified atom stereocenters. The van der Waals surface area contributed by atoms with Crippen molar-refractivity contribution in [2.45, 2.75) is 64.2 Å². The van der Waals surface area contributed by atoms with Crippen LogP contribution in [0, 0.1) is 0 Å². The molecule has 0 bridgehead atoms. The highest BCUT2D eigenvalue weighted by atomic mass is 14.4. The predicted octanol–water partition coefficient (Wildman–Crippen LogP) is 40.6. The minimum atomic E-state index is -0.117. The third kappa shape index (κ3) is 14.2. The molecule has 4 aliphatic carbocycles. The number of fused-ring (bicyclic) bond motifs is 22. The van der Waals surface area contributed by atoms with E-state index in [0.29, 0.717) is 0 Å². The summed E-state index contributed by atoms with van der Waals surface area (Å²) in [4.78, 5) is 0. The zero-order chi connectivity index (χ0) is 98.8. The van der Waals surface area contributed by atoms with Crippen molar-refractivity contribution in [2.24, 2.45) is 0 Å². The summed E-state index contributed by atoms with van der Waals surface area (Å²) in [6.07, 6.45) is 0.971. The third-order valence-electron chi connectivity index (χ3n) is 33.3. The normalized spacial score (nSPS) is 13.3. The van der Waals surface area contributed by atoms with Gasteiger partial charge in [0.15, 0.2) is 0 Å². The molecular weight excluding hydrogens is 1780 g/mol. The fourth-order valence-corrected chi connectivity index (χ4v) is 26.1. The Morgan fingerprint density at radius 1 is 0.128 bits per heavy atom. The highest BCUT2D eigenvalue weighted by Gasteiger charge is 2.40. The first-order chi connectivity index (χ1) is 72.7. The van der Waals surface area contributed by atoms with Crippen LogP contribution in [0.15, 0.2) is 510 Å². The third-order valence-corrected chi connectivity index (χ3v) is 33.3. The SMILES string of the molecule is CC1(C)c2cc(-c3ccc4c(-c5ccc6ccccc6c5)c5ccccc5c(-c5ccc6ccccc6c5)c4c3)ccc2-c2ccc3ccccc3c21.CC1(C)c2ccccc2-c2ccc(-c3ccc4c(-c5ccc6c(c5)C(C)(C)c5ccccc5-6)c5ccccc5c(-c5ccc6c(c5)Cc5ccccc5-6)c4c3)cc21.c1ccc(-c2ccc(-c3c4ccccc4c(-c4ccccc4)c4ccc(-c5ccccc5)cc34)cc2)cc1. The molecule has 0 fully saturated rings. The van der Waals surface area contributed by atoms with Gasteiger partial charge >= 0.3 is 0 Å². The minimum absolute atomic E-state index is 0.0592. The van der Waals surface area contributed by atoms with Gasteiger partial charge in [0, 0.05) is 16.2 Å². The average molecular weight is 1880 g/mol. The van der Waals surface area contributed by atoms with Crippen molar-refractivity contribution in [1.29, 1.82) is 0 Å². The van der Waals surface area contributed by atoms with E-state index in [-0.39, 0.29) is 16.2 Å². The Bertz CT molecular complexity index is 10000. The van der Waals surface area contributed by atoms with Crippen molar-refractivity contribution in [3.05, 3.63) is 554 Å². The molecule has 0 saturated heterocycles. The molecule has 4 aliphatic rings. The Balaban J connectivity index is 0.000000109. The van der Waals surface area contributed by atoms with Crippen LogP contribution in [0.3, 0.4) is 0 Å². The maximum Gasteiger partial charge on any atom is 0.0165 e. The van der Waals surface area contributed by atoms with Crippen molar-refractivity contribution in [1.82, 2.24) is 0 Å². The van der Waals surface area contributed by atoms with Crippen LogP contribution in [0.25, 0.3) is 253 Å². The maximum absolute atomic E-state index is 2.50. The molecular formula is C148H104. The lowest BCUT2D eigenvalue weighted by molar-refractivity contribution is 0.660. The van der Waals surface area contributed by atoms with Crippen molar-refractivity contribution in [2.75, 3.05) is 0 Å². The molecule has 696 valence electrons. The quantitative estimate of drug-likeness (QED) is 0.120. The molecule has 0 spiro atoms. The molecule has 26 aromatic carbocycles. The molecule has 0 heterocycles. The van der Waals surface area contributed by atoms with Crippen LogP contribution >= 0.6 is 0 Å². The summed E-state index contributed by atoms with van der Waals surface area (Å²) in [5.41, 5.74) is 47.1. The summed E-state index contributed by atoms with van der Waals surface area (Å²) < 4.78 is 0. The monoisotopic (exact) mass is 1880 g/mol. The topological polar surface area (TPSA) is 0 Å². The standard InChI is InChI=1S/C57H42.C53H36.C38H26/c1-56(2)50-19-11-9-15-42(50)44-26-21-35(32-52(44)56)34-22-28-48-49(31-34)55(37-23-25-41-39(30-37)29-36-13-5-6-14-40(36)41)47-18-8-7-17-46(47)54(48)38-24-27-45-43-16-10-12-20-51(43)57(3,4)53(45)33-38;1-53(2)49-32-39(24-26-43(49)47-28-23-35-13-7-8-16-42(35)52(47)53)38-25-27-46-48(31-38)51(41-22-20-34-12-4-6-15-37(34)30-41)45-18-10-9-17-44(45)50(46)40-21-19-33-11-3-5-14-36(33)29-40;1-4-12-27(13-5-1)29-20-22-31(23-21-29)38-34-19-11-10-18-33(34)37(30-16-8-3-9-17-30)35-25-24-32(26-36(35)38)28-14-6-2-7-15-28/h5-28,30-33H,29H2,1-4H3;3-32H,1-2H3;1-26H. The molecule has 148 heavy (non-hydrogen) atoms. The predicted molar refractivity (Wildman–Crippen MR) is 632 cm³/mol. The van der Waals surface area contributed by atoms with E-state index in [1.165, 1.54) is 297 Å². The minimum Gasteiger partial charge on any atom is -0.0622 e. The molecule has 0 radical (unpaired) electrons. The van der Waals surface area contributed by atoms with Gasteiger partial charge < -0.3 is 0 Å². The average Bonchev–Trinajstić information content (AvgIpc) is 1.38. The fourth-order valence-electron chi connectivity index (χ4n) is 26.1. The number of hydrogen-bond donors (Lipinski definition) is 0. The zero-order valence-electron chi connectivity index (χ0n) is 83.7. The van der Waals surface area contributed by atoms with Crippen molar-refractivity contribution >= 4 is 97.0 Å². The first kappa shape index (κ1) is 87.8. The maximum atomic E-state index is 2.50. The Labute approximate surface area is 864 Å². The van der Waals surface area contributed by atoms with Crippen molar-refractivity contribution < 1.29 is 0 Å². The second-order valence-electron chi connectivity index (χ2n) is 42.6. The van der Waals surface area contributed by atoms with Crippen LogP contribution in [-0.2, 0) is 22.7 Å². The summed E-state index contributed by atoms with van der Waals surface area (Å²) in [7, 11) is 0. The molecule has 26 aromatic rings. The van der Waals surface area contributed by atoms with Crippen LogP contribution in [0.2, 0.25) is 0 Å². The molecule has 0 saturated carbocycles. The number of rotatable bonds is 10. The number of hydrogen-bond acceptors (Lipinski definition) is 0. The molecule has 0 nitrogen and oxygen atoms in total. The van der Waals surface area contributed by atoms with Gasteiger partial charge in [-0.3, -0.25) is 0 Å². The first-order valence-corrected chi connectivity index (χ1v) is 52.3. The second-order valence-corrected chi connectivity index (χ2v) is 42.6.